The van der Waals surface area contributed by atoms with E-state index in [2.05, 4.69) is 10.4 Å². The van der Waals surface area contributed by atoms with E-state index in [1.807, 2.05) is 73.7 Å². The molecule has 1 heterocycles. The van der Waals surface area contributed by atoms with Crippen LogP contribution in [0, 0.1) is 6.92 Å². The molecule has 0 aliphatic carbocycles. The van der Waals surface area contributed by atoms with E-state index in [1.165, 1.54) is 0 Å². The van der Waals surface area contributed by atoms with Crippen molar-refractivity contribution in [3.05, 3.63) is 95.1 Å². The van der Waals surface area contributed by atoms with E-state index in [-0.39, 0.29) is 5.91 Å². The van der Waals surface area contributed by atoms with Crippen LogP contribution in [0.1, 0.15) is 16.1 Å². The lowest BCUT2D eigenvalue weighted by molar-refractivity contribution is 0.101. The molecule has 0 aliphatic heterocycles. The third-order valence-electron chi connectivity index (χ3n) is 4.72. The number of hydrogen-bond donors (Lipinski definition) is 1. The van der Waals surface area contributed by atoms with Crippen LogP contribution in [0.4, 0.5) is 5.69 Å². The lowest BCUT2D eigenvalue weighted by atomic mass is 10.1. The number of aryl methyl sites for hydroxylation is 1. The van der Waals surface area contributed by atoms with Gasteiger partial charge < -0.3 is 10.1 Å². The number of methoxy groups -OCH3 is 1. The number of halogens is 1. The molecule has 3 aromatic carbocycles. The summed E-state index contributed by atoms with van der Waals surface area (Å²) in [6.07, 6.45) is 0. The number of rotatable bonds is 5. The molecule has 0 spiro atoms. The predicted molar refractivity (Wildman–Crippen MR) is 120 cm³/mol. The molecule has 30 heavy (non-hydrogen) atoms. The Hall–Kier alpha value is -3.57. The van der Waals surface area contributed by atoms with Crippen molar-refractivity contribution in [1.29, 1.82) is 0 Å². The summed E-state index contributed by atoms with van der Waals surface area (Å²) in [4.78, 5) is 13.1. The van der Waals surface area contributed by atoms with E-state index in [4.69, 9.17) is 16.3 Å². The smallest absolute Gasteiger partial charge is 0.274 e. The highest BCUT2D eigenvalue weighted by molar-refractivity contribution is 6.32. The summed E-state index contributed by atoms with van der Waals surface area (Å²) in [7, 11) is 1.62. The minimum atomic E-state index is -0.272. The second-order valence-electron chi connectivity index (χ2n) is 6.83. The normalized spacial score (nSPS) is 10.6. The lowest BCUT2D eigenvalue weighted by Gasteiger charge is -2.10. The Morgan fingerprint density at radius 1 is 1.00 bits per heavy atom. The Kier molecular flexibility index (Phi) is 5.55. The molecule has 0 bridgehead atoms. The molecule has 0 atom stereocenters. The van der Waals surface area contributed by atoms with Crippen molar-refractivity contribution in [2.75, 3.05) is 12.4 Å². The maximum Gasteiger partial charge on any atom is 0.274 e. The average Bonchev–Trinajstić information content (AvgIpc) is 3.21. The zero-order valence-corrected chi connectivity index (χ0v) is 17.4. The number of anilines is 1. The average molecular weight is 418 g/mol. The van der Waals surface area contributed by atoms with E-state index in [1.54, 1.807) is 23.9 Å². The molecule has 1 N–H and O–H groups in total. The molecule has 5 nitrogen and oxygen atoms in total. The minimum absolute atomic E-state index is 0.272. The van der Waals surface area contributed by atoms with Gasteiger partial charge >= 0.3 is 0 Å². The molecule has 6 heteroatoms. The first-order chi connectivity index (χ1) is 14.5. The van der Waals surface area contributed by atoms with Crippen LogP contribution in [0.25, 0.3) is 16.9 Å². The van der Waals surface area contributed by atoms with Crippen LogP contribution in [0.3, 0.4) is 0 Å². The number of amides is 1. The molecule has 1 amide bonds. The third-order valence-corrected chi connectivity index (χ3v) is 5.04. The van der Waals surface area contributed by atoms with Crippen molar-refractivity contribution < 1.29 is 9.53 Å². The molecule has 0 unspecified atom stereocenters. The van der Waals surface area contributed by atoms with Gasteiger partial charge in [-0.25, -0.2) is 4.68 Å². The Balaban J connectivity index is 1.76. The van der Waals surface area contributed by atoms with E-state index >= 15 is 0 Å². The highest BCUT2D eigenvalue weighted by Crippen LogP contribution is 2.27. The van der Waals surface area contributed by atoms with Crippen LogP contribution in [-0.4, -0.2) is 22.8 Å². The second kappa shape index (κ2) is 8.43. The van der Waals surface area contributed by atoms with Crippen LogP contribution in [0.15, 0.2) is 78.9 Å². The number of carbonyl (C=O) groups is 1. The zero-order chi connectivity index (χ0) is 21.1. The molecule has 1 aromatic heterocycles. The number of nitrogens with zero attached hydrogens (tertiary/aromatic N) is 2. The van der Waals surface area contributed by atoms with Gasteiger partial charge in [-0.1, -0.05) is 41.4 Å². The van der Waals surface area contributed by atoms with E-state index in [9.17, 15) is 4.79 Å². The van der Waals surface area contributed by atoms with Gasteiger partial charge in [0.25, 0.3) is 5.91 Å². The van der Waals surface area contributed by atoms with Crippen molar-refractivity contribution in [2.45, 2.75) is 6.92 Å². The SMILES string of the molecule is COc1ccc(-c2cc(C(=O)Nc3ccc(C)cc3)n(-c3ccccc3Cl)n2)cc1. The summed E-state index contributed by atoms with van der Waals surface area (Å²) in [5.41, 5.74) is 4.37. The predicted octanol–water partition coefficient (Wildman–Crippen LogP) is 5.76. The Labute approximate surface area is 179 Å². The minimum Gasteiger partial charge on any atom is -0.497 e. The highest BCUT2D eigenvalue weighted by atomic mass is 35.5. The number of para-hydroxylation sites is 1. The van der Waals surface area contributed by atoms with Gasteiger partial charge in [0, 0.05) is 11.3 Å². The van der Waals surface area contributed by atoms with E-state index in [0.29, 0.717) is 27.8 Å². The topological polar surface area (TPSA) is 56.1 Å². The quantitative estimate of drug-likeness (QED) is 0.449. The monoisotopic (exact) mass is 417 g/mol. The van der Waals surface area contributed by atoms with E-state index in [0.717, 1.165) is 16.9 Å². The Bertz CT molecular complexity index is 1180. The maximum atomic E-state index is 13.1. The van der Waals surface area contributed by atoms with Gasteiger partial charge in [0.15, 0.2) is 0 Å². The number of nitrogens with one attached hydrogen (secondary N) is 1. The van der Waals surface area contributed by atoms with Gasteiger partial charge in [0.1, 0.15) is 11.4 Å². The molecular formula is C24H20ClN3O2. The number of aromatic nitrogens is 2. The largest absolute Gasteiger partial charge is 0.497 e. The van der Waals surface area contributed by atoms with Crippen molar-refractivity contribution in [2.24, 2.45) is 0 Å². The first kappa shape index (κ1) is 19.7. The zero-order valence-electron chi connectivity index (χ0n) is 16.6. The van der Waals surface area contributed by atoms with Gasteiger partial charge in [-0.3, -0.25) is 4.79 Å². The van der Waals surface area contributed by atoms with Gasteiger partial charge in [0.05, 0.1) is 23.5 Å². The number of carbonyl (C=O) groups excluding carboxylic acids is 1. The maximum absolute atomic E-state index is 13.1. The van der Waals surface area contributed by atoms with Gasteiger partial charge in [-0.2, -0.15) is 5.10 Å². The molecule has 0 fully saturated rings. The molecule has 0 radical (unpaired) electrons. The number of ether oxygens (including phenoxy) is 1. The van der Waals surface area contributed by atoms with Crippen molar-refractivity contribution in [3.63, 3.8) is 0 Å². The lowest BCUT2D eigenvalue weighted by Crippen LogP contribution is -2.17. The molecule has 4 aromatic rings. The Morgan fingerprint density at radius 3 is 2.37 bits per heavy atom. The second-order valence-corrected chi connectivity index (χ2v) is 7.23. The van der Waals surface area contributed by atoms with Crippen LogP contribution in [-0.2, 0) is 0 Å². The van der Waals surface area contributed by atoms with Gasteiger partial charge in [0.2, 0.25) is 0 Å². The summed E-state index contributed by atoms with van der Waals surface area (Å²) >= 11 is 6.40. The first-order valence-electron chi connectivity index (χ1n) is 9.42. The van der Waals surface area contributed by atoms with Crippen LogP contribution in [0.2, 0.25) is 5.02 Å². The van der Waals surface area contributed by atoms with Gasteiger partial charge in [-0.15, -0.1) is 0 Å². The van der Waals surface area contributed by atoms with Crippen LogP contribution in [0.5, 0.6) is 5.75 Å². The number of hydrogen-bond acceptors (Lipinski definition) is 3. The Morgan fingerprint density at radius 2 is 1.70 bits per heavy atom. The van der Waals surface area contributed by atoms with Crippen molar-refractivity contribution in [3.8, 4) is 22.7 Å². The summed E-state index contributed by atoms with van der Waals surface area (Å²) < 4.78 is 6.80. The third kappa shape index (κ3) is 4.07. The van der Waals surface area contributed by atoms with E-state index < -0.39 is 0 Å². The molecule has 0 aliphatic rings. The fraction of sp³-hybridized carbons (Fsp3) is 0.0833. The van der Waals surface area contributed by atoms with Crippen LogP contribution < -0.4 is 10.1 Å². The summed E-state index contributed by atoms with van der Waals surface area (Å²) in [6, 6.07) is 24.2. The fourth-order valence-corrected chi connectivity index (χ4v) is 3.30. The molecule has 4 rings (SSSR count). The summed E-state index contributed by atoms with van der Waals surface area (Å²) in [6.45, 7) is 2.00. The molecule has 150 valence electrons. The molecular weight excluding hydrogens is 398 g/mol. The fourth-order valence-electron chi connectivity index (χ4n) is 3.08. The first-order valence-corrected chi connectivity index (χ1v) is 9.80. The summed E-state index contributed by atoms with van der Waals surface area (Å²) in [5.74, 6) is 0.479. The number of benzene rings is 3. The molecule has 0 saturated heterocycles. The summed E-state index contributed by atoms with van der Waals surface area (Å²) in [5, 5.41) is 8.12. The highest BCUT2D eigenvalue weighted by Gasteiger charge is 2.19. The molecule has 0 saturated carbocycles. The standard InChI is InChI=1S/C24H20ClN3O2/c1-16-7-11-18(12-8-16)26-24(29)23-15-21(17-9-13-19(30-2)14-10-17)27-28(23)22-6-4-3-5-20(22)25/h3-15H,1-2H3,(H,26,29). The van der Waals surface area contributed by atoms with Gasteiger partial charge in [-0.05, 0) is 61.5 Å². The van der Waals surface area contributed by atoms with Crippen LogP contribution >= 0.6 is 11.6 Å². The van der Waals surface area contributed by atoms with Crippen molar-refractivity contribution in [1.82, 2.24) is 9.78 Å². The van der Waals surface area contributed by atoms with Crippen molar-refractivity contribution >= 4 is 23.2 Å².